The lowest BCUT2D eigenvalue weighted by molar-refractivity contribution is -0.133. The fourth-order valence-corrected chi connectivity index (χ4v) is 3.73. The van der Waals surface area contributed by atoms with Crippen molar-refractivity contribution in [2.75, 3.05) is 32.7 Å². The third-order valence-electron chi connectivity index (χ3n) is 5.14. The Bertz CT molecular complexity index is 460. The predicted molar refractivity (Wildman–Crippen MR) is 89.7 cm³/mol. The molecule has 0 bridgehead atoms. The van der Waals surface area contributed by atoms with Crippen molar-refractivity contribution in [1.82, 2.24) is 9.80 Å². The van der Waals surface area contributed by atoms with E-state index in [1.165, 1.54) is 44.1 Å². The van der Waals surface area contributed by atoms with Gasteiger partial charge in [-0.1, -0.05) is 30.3 Å². The van der Waals surface area contributed by atoms with Gasteiger partial charge in [-0.25, -0.2) is 0 Å². The Morgan fingerprint density at radius 1 is 0.955 bits per heavy atom. The average molecular weight is 300 g/mol. The molecular weight excluding hydrogens is 272 g/mol. The molecule has 1 amide bonds. The van der Waals surface area contributed by atoms with E-state index >= 15 is 0 Å². The summed E-state index contributed by atoms with van der Waals surface area (Å²) in [5.41, 5.74) is 1.45. The minimum Gasteiger partial charge on any atom is -0.342 e. The van der Waals surface area contributed by atoms with E-state index in [1.807, 2.05) is 0 Å². The van der Waals surface area contributed by atoms with Crippen LogP contribution in [-0.2, 0) is 11.2 Å². The molecule has 2 aliphatic heterocycles. The molecule has 1 aromatic rings. The zero-order chi connectivity index (χ0) is 15.2. The first kappa shape index (κ1) is 15.5. The summed E-state index contributed by atoms with van der Waals surface area (Å²) in [4.78, 5) is 16.8. The second-order valence-electron chi connectivity index (χ2n) is 6.85. The summed E-state index contributed by atoms with van der Waals surface area (Å²) in [6.07, 6.45) is 7.30. The van der Waals surface area contributed by atoms with Crippen LogP contribution in [0.15, 0.2) is 30.3 Å². The van der Waals surface area contributed by atoms with Crippen molar-refractivity contribution >= 4 is 5.91 Å². The maximum Gasteiger partial charge on any atom is 0.236 e. The van der Waals surface area contributed by atoms with Gasteiger partial charge in [0.15, 0.2) is 0 Å². The summed E-state index contributed by atoms with van der Waals surface area (Å²) in [5.74, 6) is 1.13. The number of carbonyl (C=O) groups is 1. The van der Waals surface area contributed by atoms with E-state index in [9.17, 15) is 4.79 Å². The van der Waals surface area contributed by atoms with E-state index in [1.54, 1.807) is 0 Å². The third kappa shape index (κ3) is 4.33. The molecule has 0 aliphatic carbocycles. The van der Waals surface area contributed by atoms with E-state index < -0.39 is 0 Å². The molecule has 2 heterocycles. The largest absolute Gasteiger partial charge is 0.342 e. The van der Waals surface area contributed by atoms with E-state index in [2.05, 4.69) is 40.1 Å². The highest BCUT2D eigenvalue weighted by atomic mass is 16.2. The minimum absolute atomic E-state index is 0.348. The predicted octanol–water partition coefficient (Wildman–Crippen LogP) is 2.95. The van der Waals surface area contributed by atoms with E-state index in [4.69, 9.17) is 0 Å². The quantitative estimate of drug-likeness (QED) is 0.853. The number of nitrogens with zero attached hydrogens (tertiary/aromatic N) is 2. The van der Waals surface area contributed by atoms with Gasteiger partial charge in [-0.15, -0.1) is 0 Å². The van der Waals surface area contributed by atoms with Gasteiger partial charge in [0.05, 0.1) is 6.54 Å². The lowest BCUT2D eigenvalue weighted by atomic mass is 9.90. The summed E-state index contributed by atoms with van der Waals surface area (Å²) in [5, 5.41) is 0. The Labute approximate surface area is 134 Å². The van der Waals surface area contributed by atoms with Crippen LogP contribution in [0.1, 0.15) is 37.7 Å². The van der Waals surface area contributed by atoms with Crippen LogP contribution in [0.4, 0.5) is 0 Å². The zero-order valence-corrected chi connectivity index (χ0v) is 13.5. The molecule has 0 radical (unpaired) electrons. The number of piperidine rings is 2. The van der Waals surface area contributed by atoms with Crippen LogP contribution in [0.2, 0.25) is 0 Å². The van der Waals surface area contributed by atoms with Crippen LogP contribution in [0, 0.1) is 5.92 Å². The van der Waals surface area contributed by atoms with E-state index in [0.29, 0.717) is 12.5 Å². The maximum absolute atomic E-state index is 12.3. The molecule has 120 valence electrons. The molecule has 22 heavy (non-hydrogen) atoms. The van der Waals surface area contributed by atoms with Gasteiger partial charge < -0.3 is 4.90 Å². The van der Waals surface area contributed by atoms with Gasteiger partial charge in [0.2, 0.25) is 5.91 Å². The lowest BCUT2D eigenvalue weighted by Gasteiger charge is -2.34. The summed E-state index contributed by atoms with van der Waals surface area (Å²) >= 11 is 0. The van der Waals surface area contributed by atoms with Crippen LogP contribution < -0.4 is 0 Å². The highest BCUT2D eigenvalue weighted by Gasteiger charge is 2.23. The molecule has 0 N–H and O–H groups in total. The molecular formula is C19H28N2O. The van der Waals surface area contributed by atoms with Crippen LogP contribution in [-0.4, -0.2) is 48.4 Å². The lowest BCUT2D eigenvalue weighted by Crippen LogP contribution is -2.45. The molecule has 0 spiro atoms. The average Bonchev–Trinajstić information content (AvgIpc) is 2.58. The smallest absolute Gasteiger partial charge is 0.236 e. The first-order valence-corrected chi connectivity index (χ1v) is 8.85. The van der Waals surface area contributed by atoms with Gasteiger partial charge in [-0.2, -0.15) is 0 Å². The molecule has 0 unspecified atom stereocenters. The second kappa shape index (κ2) is 7.77. The van der Waals surface area contributed by atoms with Crippen LogP contribution in [0.25, 0.3) is 0 Å². The minimum atomic E-state index is 0.348. The van der Waals surface area contributed by atoms with E-state index in [0.717, 1.165) is 32.1 Å². The Hall–Kier alpha value is -1.35. The molecule has 3 heteroatoms. The van der Waals surface area contributed by atoms with Gasteiger partial charge in [0, 0.05) is 13.1 Å². The Kier molecular flexibility index (Phi) is 5.49. The Balaban J connectivity index is 1.40. The number of amides is 1. The van der Waals surface area contributed by atoms with E-state index in [-0.39, 0.29) is 0 Å². The van der Waals surface area contributed by atoms with Gasteiger partial charge in [-0.3, -0.25) is 9.69 Å². The summed E-state index contributed by atoms with van der Waals surface area (Å²) in [6, 6.07) is 10.8. The topological polar surface area (TPSA) is 23.6 Å². The molecule has 3 nitrogen and oxygen atoms in total. The molecule has 0 aromatic heterocycles. The van der Waals surface area contributed by atoms with Crippen molar-refractivity contribution in [2.45, 2.75) is 38.5 Å². The first-order chi connectivity index (χ1) is 10.8. The summed E-state index contributed by atoms with van der Waals surface area (Å²) in [7, 11) is 0. The van der Waals surface area contributed by atoms with Crippen molar-refractivity contribution in [3.8, 4) is 0 Å². The van der Waals surface area contributed by atoms with Crippen molar-refractivity contribution < 1.29 is 4.79 Å². The fraction of sp³-hybridized carbons (Fsp3) is 0.632. The molecule has 3 rings (SSSR count). The monoisotopic (exact) mass is 300 g/mol. The molecule has 0 atom stereocenters. The van der Waals surface area contributed by atoms with Gasteiger partial charge >= 0.3 is 0 Å². The van der Waals surface area contributed by atoms with Crippen LogP contribution in [0.3, 0.4) is 0 Å². The molecule has 1 aromatic carbocycles. The molecule has 2 saturated heterocycles. The first-order valence-electron chi connectivity index (χ1n) is 8.85. The third-order valence-corrected chi connectivity index (χ3v) is 5.14. The number of rotatable bonds is 4. The normalized spacial score (nSPS) is 21.0. The maximum atomic E-state index is 12.3. The Morgan fingerprint density at radius 2 is 1.64 bits per heavy atom. The van der Waals surface area contributed by atoms with Crippen molar-refractivity contribution in [3.05, 3.63) is 35.9 Å². The number of likely N-dealkylation sites (tertiary alicyclic amines) is 2. The van der Waals surface area contributed by atoms with Crippen LogP contribution >= 0.6 is 0 Å². The summed E-state index contributed by atoms with van der Waals surface area (Å²) < 4.78 is 0. The number of hydrogen-bond donors (Lipinski definition) is 0. The molecule has 2 aliphatic rings. The zero-order valence-electron chi connectivity index (χ0n) is 13.5. The standard InChI is InChI=1S/C19H28N2O/c22-19(21-11-5-2-6-12-21)16-20-13-9-18(10-14-20)15-17-7-3-1-4-8-17/h1,3-4,7-8,18H,2,5-6,9-16H2. The molecule has 2 fully saturated rings. The van der Waals surface area contributed by atoms with Gasteiger partial charge in [-0.05, 0) is 63.1 Å². The summed E-state index contributed by atoms with van der Waals surface area (Å²) in [6.45, 7) is 4.75. The van der Waals surface area contributed by atoms with Crippen molar-refractivity contribution in [2.24, 2.45) is 5.92 Å². The van der Waals surface area contributed by atoms with Crippen LogP contribution in [0.5, 0.6) is 0 Å². The number of benzene rings is 1. The van der Waals surface area contributed by atoms with Crippen molar-refractivity contribution in [3.63, 3.8) is 0 Å². The SMILES string of the molecule is O=C(CN1CCC(Cc2ccccc2)CC1)N1CCCCC1. The fourth-order valence-electron chi connectivity index (χ4n) is 3.73. The highest BCUT2D eigenvalue weighted by Crippen LogP contribution is 2.21. The van der Waals surface area contributed by atoms with Gasteiger partial charge in [0.1, 0.15) is 0 Å². The Morgan fingerprint density at radius 3 is 2.32 bits per heavy atom. The highest BCUT2D eigenvalue weighted by molar-refractivity contribution is 5.78. The molecule has 0 saturated carbocycles. The second-order valence-corrected chi connectivity index (χ2v) is 6.85. The number of hydrogen-bond acceptors (Lipinski definition) is 2. The number of carbonyl (C=O) groups excluding carboxylic acids is 1. The van der Waals surface area contributed by atoms with Gasteiger partial charge in [0.25, 0.3) is 0 Å². The van der Waals surface area contributed by atoms with Crippen molar-refractivity contribution in [1.29, 1.82) is 0 Å².